The zero-order valence-electron chi connectivity index (χ0n) is 10.6. The van der Waals surface area contributed by atoms with Crippen LogP contribution in [0.1, 0.15) is 5.69 Å². The van der Waals surface area contributed by atoms with Gasteiger partial charge in [0, 0.05) is 18.5 Å². The topological polar surface area (TPSA) is 54.4 Å². The number of hydrogen-bond acceptors (Lipinski definition) is 5. The van der Waals surface area contributed by atoms with Crippen molar-refractivity contribution in [3.8, 4) is 5.75 Å². The van der Waals surface area contributed by atoms with E-state index < -0.39 is 6.10 Å². The van der Waals surface area contributed by atoms with Crippen LogP contribution < -0.4 is 10.1 Å². The smallest absolute Gasteiger partial charge is 0.139 e. The molecule has 0 saturated carbocycles. The maximum atomic E-state index is 9.82. The molecule has 0 radical (unpaired) electrons. The number of aromatic nitrogens is 1. The van der Waals surface area contributed by atoms with Crippen LogP contribution in [0.15, 0.2) is 29.1 Å². The lowest BCUT2D eigenvalue weighted by molar-refractivity contribution is 0.106. The van der Waals surface area contributed by atoms with Crippen molar-refractivity contribution >= 4 is 34.5 Å². The Morgan fingerprint density at radius 3 is 3.00 bits per heavy atom. The van der Waals surface area contributed by atoms with Crippen molar-refractivity contribution in [1.82, 2.24) is 10.3 Å². The second-order valence-electron chi connectivity index (χ2n) is 4.13. The Balaban J connectivity index is 1.72. The lowest BCUT2D eigenvalue weighted by atomic mass is 10.3. The Kier molecular flexibility index (Phi) is 6.06. The molecule has 0 spiro atoms. The van der Waals surface area contributed by atoms with Gasteiger partial charge in [0.2, 0.25) is 0 Å². The standard InChI is InChI=1S/C13H14Cl2N2O2S/c14-11-2-1-3-12(13(11)15)19-6-10(18)5-16-4-9-7-20-8-17-9/h1-3,7-8,10,16,18H,4-6H2. The highest BCUT2D eigenvalue weighted by Crippen LogP contribution is 2.31. The molecule has 1 atom stereocenters. The summed E-state index contributed by atoms with van der Waals surface area (Å²) >= 11 is 13.4. The van der Waals surface area contributed by atoms with Crippen molar-refractivity contribution in [1.29, 1.82) is 0 Å². The van der Waals surface area contributed by atoms with Gasteiger partial charge in [0.25, 0.3) is 0 Å². The molecule has 0 aliphatic rings. The summed E-state index contributed by atoms with van der Waals surface area (Å²) in [6.45, 7) is 1.18. The predicted molar refractivity (Wildman–Crippen MR) is 81.8 cm³/mol. The van der Waals surface area contributed by atoms with Gasteiger partial charge in [-0.05, 0) is 12.1 Å². The first-order valence-corrected chi connectivity index (χ1v) is 7.69. The summed E-state index contributed by atoms with van der Waals surface area (Å²) in [5, 5.41) is 15.7. The number of nitrogens with one attached hydrogen (secondary N) is 1. The monoisotopic (exact) mass is 332 g/mol. The number of halogens is 2. The number of ether oxygens (including phenoxy) is 1. The van der Waals surface area contributed by atoms with Crippen LogP contribution >= 0.6 is 34.5 Å². The maximum Gasteiger partial charge on any atom is 0.139 e. The van der Waals surface area contributed by atoms with E-state index in [1.165, 1.54) is 0 Å². The fraction of sp³-hybridized carbons (Fsp3) is 0.308. The third-order valence-electron chi connectivity index (χ3n) is 2.52. The molecule has 2 N–H and O–H groups in total. The summed E-state index contributed by atoms with van der Waals surface area (Å²) < 4.78 is 5.45. The number of aliphatic hydroxyl groups is 1. The molecule has 2 aromatic rings. The average molecular weight is 333 g/mol. The van der Waals surface area contributed by atoms with E-state index in [1.54, 1.807) is 35.0 Å². The van der Waals surface area contributed by atoms with Crippen molar-refractivity contribution in [3.63, 3.8) is 0 Å². The van der Waals surface area contributed by atoms with E-state index in [4.69, 9.17) is 27.9 Å². The lowest BCUT2D eigenvalue weighted by Crippen LogP contribution is -2.31. The molecule has 1 heterocycles. The first kappa shape index (κ1) is 15.5. The molecule has 0 amide bonds. The second-order valence-corrected chi connectivity index (χ2v) is 5.63. The molecule has 0 aliphatic carbocycles. The van der Waals surface area contributed by atoms with Gasteiger partial charge < -0.3 is 15.2 Å². The minimum Gasteiger partial charge on any atom is -0.489 e. The minimum atomic E-state index is -0.635. The zero-order valence-corrected chi connectivity index (χ0v) is 12.9. The molecule has 1 unspecified atom stereocenters. The Hall–Kier alpha value is -0.850. The largest absolute Gasteiger partial charge is 0.489 e. The van der Waals surface area contributed by atoms with Gasteiger partial charge in [-0.2, -0.15) is 0 Å². The van der Waals surface area contributed by atoms with Crippen LogP contribution in [-0.4, -0.2) is 29.3 Å². The molecule has 108 valence electrons. The highest BCUT2D eigenvalue weighted by Gasteiger charge is 2.09. The summed E-state index contributed by atoms with van der Waals surface area (Å²) in [6, 6.07) is 5.14. The molecule has 1 aromatic carbocycles. The average Bonchev–Trinajstić information content (AvgIpc) is 2.94. The summed E-state index contributed by atoms with van der Waals surface area (Å²) in [6.07, 6.45) is -0.635. The number of benzene rings is 1. The molecular formula is C13H14Cl2N2O2S. The normalized spacial score (nSPS) is 12.3. The van der Waals surface area contributed by atoms with Crippen molar-refractivity contribution in [2.45, 2.75) is 12.6 Å². The zero-order chi connectivity index (χ0) is 14.4. The Bertz CT molecular complexity index is 537. The van der Waals surface area contributed by atoms with Gasteiger partial charge in [-0.15, -0.1) is 11.3 Å². The van der Waals surface area contributed by atoms with Crippen molar-refractivity contribution in [2.75, 3.05) is 13.2 Å². The first-order valence-electron chi connectivity index (χ1n) is 5.99. The van der Waals surface area contributed by atoms with E-state index >= 15 is 0 Å². The summed E-state index contributed by atoms with van der Waals surface area (Å²) in [4.78, 5) is 4.14. The van der Waals surface area contributed by atoms with Crippen LogP contribution in [0.4, 0.5) is 0 Å². The summed E-state index contributed by atoms with van der Waals surface area (Å²) in [5.41, 5.74) is 2.73. The fourth-order valence-electron chi connectivity index (χ4n) is 1.53. The fourth-order valence-corrected chi connectivity index (χ4v) is 2.44. The van der Waals surface area contributed by atoms with Crippen molar-refractivity contribution in [3.05, 3.63) is 44.8 Å². The number of rotatable bonds is 7. The maximum absolute atomic E-state index is 9.82. The third-order valence-corrected chi connectivity index (χ3v) is 3.95. The minimum absolute atomic E-state index is 0.143. The predicted octanol–water partition coefficient (Wildman–Crippen LogP) is 2.98. The van der Waals surface area contributed by atoms with E-state index in [0.29, 0.717) is 28.9 Å². The second kappa shape index (κ2) is 7.81. The van der Waals surface area contributed by atoms with Gasteiger partial charge in [-0.3, -0.25) is 0 Å². The molecule has 4 nitrogen and oxygen atoms in total. The van der Waals surface area contributed by atoms with Crippen molar-refractivity contribution < 1.29 is 9.84 Å². The van der Waals surface area contributed by atoms with Crippen LogP contribution in [-0.2, 0) is 6.54 Å². The van der Waals surface area contributed by atoms with Crippen LogP contribution in [0.2, 0.25) is 10.0 Å². The van der Waals surface area contributed by atoms with E-state index in [-0.39, 0.29) is 6.61 Å². The first-order chi connectivity index (χ1) is 9.66. The highest BCUT2D eigenvalue weighted by atomic mass is 35.5. The molecule has 0 fully saturated rings. The van der Waals surface area contributed by atoms with Gasteiger partial charge in [0.1, 0.15) is 23.5 Å². The summed E-state index contributed by atoms with van der Waals surface area (Å²) in [5.74, 6) is 0.470. The van der Waals surface area contributed by atoms with E-state index in [1.807, 2.05) is 5.38 Å². The Morgan fingerprint density at radius 2 is 2.25 bits per heavy atom. The summed E-state index contributed by atoms with van der Waals surface area (Å²) in [7, 11) is 0. The molecule has 2 rings (SSSR count). The molecule has 0 aliphatic heterocycles. The Labute approximate surface area is 131 Å². The highest BCUT2D eigenvalue weighted by molar-refractivity contribution is 7.07. The SMILES string of the molecule is OC(CNCc1cscn1)COc1cccc(Cl)c1Cl. The molecule has 0 saturated heterocycles. The molecular weight excluding hydrogens is 319 g/mol. The number of nitrogens with zero attached hydrogens (tertiary/aromatic N) is 1. The molecule has 1 aromatic heterocycles. The lowest BCUT2D eigenvalue weighted by Gasteiger charge is -2.14. The molecule has 0 bridgehead atoms. The van der Waals surface area contributed by atoms with E-state index in [2.05, 4.69) is 10.3 Å². The van der Waals surface area contributed by atoms with Gasteiger partial charge >= 0.3 is 0 Å². The van der Waals surface area contributed by atoms with Gasteiger partial charge in [0.05, 0.1) is 16.2 Å². The van der Waals surface area contributed by atoms with Crippen LogP contribution in [0.5, 0.6) is 5.75 Å². The Morgan fingerprint density at radius 1 is 1.40 bits per heavy atom. The van der Waals surface area contributed by atoms with Gasteiger partial charge in [-0.25, -0.2) is 4.98 Å². The molecule has 7 heteroatoms. The quantitative estimate of drug-likeness (QED) is 0.818. The van der Waals surface area contributed by atoms with E-state index in [0.717, 1.165) is 5.69 Å². The van der Waals surface area contributed by atoms with Crippen LogP contribution in [0.25, 0.3) is 0 Å². The number of thiazole rings is 1. The number of aliphatic hydroxyl groups excluding tert-OH is 1. The van der Waals surface area contributed by atoms with E-state index in [9.17, 15) is 5.11 Å². The van der Waals surface area contributed by atoms with Crippen LogP contribution in [0.3, 0.4) is 0 Å². The number of hydrogen-bond donors (Lipinski definition) is 2. The van der Waals surface area contributed by atoms with Gasteiger partial charge in [0.15, 0.2) is 0 Å². The van der Waals surface area contributed by atoms with Crippen molar-refractivity contribution in [2.24, 2.45) is 0 Å². The third kappa shape index (κ3) is 4.61. The molecule has 20 heavy (non-hydrogen) atoms. The van der Waals surface area contributed by atoms with Crippen LogP contribution in [0, 0.1) is 0 Å². The van der Waals surface area contributed by atoms with Gasteiger partial charge in [-0.1, -0.05) is 29.3 Å².